The van der Waals surface area contributed by atoms with Crippen molar-refractivity contribution in [3.63, 3.8) is 0 Å². The second-order valence-corrected chi connectivity index (χ2v) is 4.45. The van der Waals surface area contributed by atoms with E-state index < -0.39 is 11.8 Å². The second-order valence-electron chi connectivity index (χ2n) is 3.66. The molecule has 2 aromatic rings. The molecule has 94 valence electrons. The number of aromatic nitrogens is 2. The largest absolute Gasteiger partial charge is 0.477 e. The maximum absolute atomic E-state index is 13.1. The highest BCUT2D eigenvalue weighted by Crippen LogP contribution is 2.22. The molecule has 18 heavy (non-hydrogen) atoms. The zero-order valence-corrected chi connectivity index (χ0v) is 10.9. The fourth-order valence-electron chi connectivity index (χ4n) is 1.63. The SMILES string of the molecule is O=C(O)c1[nH]c(CCBr)nc1-c1cccc(F)c1. The lowest BCUT2D eigenvalue weighted by Crippen LogP contribution is -1.99. The Morgan fingerprint density at radius 1 is 1.50 bits per heavy atom. The summed E-state index contributed by atoms with van der Waals surface area (Å²) in [6.07, 6.45) is 0.579. The Morgan fingerprint density at radius 2 is 2.28 bits per heavy atom. The van der Waals surface area contributed by atoms with Crippen LogP contribution in [0.15, 0.2) is 24.3 Å². The number of hydrogen-bond donors (Lipinski definition) is 2. The summed E-state index contributed by atoms with van der Waals surface area (Å²) in [6, 6.07) is 5.72. The third-order valence-corrected chi connectivity index (χ3v) is 2.79. The van der Waals surface area contributed by atoms with Crippen LogP contribution in [0, 0.1) is 5.82 Å². The molecule has 0 saturated carbocycles. The van der Waals surface area contributed by atoms with E-state index in [0.717, 1.165) is 0 Å². The molecule has 0 aliphatic rings. The second kappa shape index (κ2) is 5.30. The summed E-state index contributed by atoms with van der Waals surface area (Å²) in [5, 5.41) is 9.77. The van der Waals surface area contributed by atoms with Crippen LogP contribution in [0.2, 0.25) is 0 Å². The number of carboxylic acids is 1. The number of aromatic amines is 1. The number of aryl methyl sites for hydroxylation is 1. The first-order chi connectivity index (χ1) is 8.61. The van der Waals surface area contributed by atoms with Gasteiger partial charge in [0.15, 0.2) is 5.69 Å². The summed E-state index contributed by atoms with van der Waals surface area (Å²) < 4.78 is 13.1. The number of carbonyl (C=O) groups is 1. The summed E-state index contributed by atoms with van der Waals surface area (Å²) in [4.78, 5) is 18.1. The van der Waals surface area contributed by atoms with E-state index in [1.54, 1.807) is 6.07 Å². The van der Waals surface area contributed by atoms with Gasteiger partial charge in [0.1, 0.15) is 17.3 Å². The van der Waals surface area contributed by atoms with Crippen molar-refractivity contribution in [3.05, 3.63) is 41.6 Å². The number of hydrogen-bond acceptors (Lipinski definition) is 2. The van der Waals surface area contributed by atoms with Crippen LogP contribution in [0.3, 0.4) is 0 Å². The van der Waals surface area contributed by atoms with Crippen molar-refractivity contribution >= 4 is 21.9 Å². The number of aromatic carboxylic acids is 1. The third kappa shape index (κ3) is 2.59. The molecule has 0 unspecified atom stereocenters. The number of rotatable bonds is 4. The van der Waals surface area contributed by atoms with E-state index in [1.165, 1.54) is 18.2 Å². The van der Waals surface area contributed by atoms with E-state index in [0.29, 0.717) is 23.1 Å². The number of benzene rings is 1. The van der Waals surface area contributed by atoms with Gasteiger partial charge < -0.3 is 10.1 Å². The number of alkyl halides is 1. The topological polar surface area (TPSA) is 66.0 Å². The maximum Gasteiger partial charge on any atom is 0.354 e. The number of carboxylic acid groups (broad SMARTS) is 1. The van der Waals surface area contributed by atoms with Crippen LogP contribution in [-0.2, 0) is 6.42 Å². The highest BCUT2D eigenvalue weighted by molar-refractivity contribution is 9.09. The maximum atomic E-state index is 13.1. The molecule has 2 N–H and O–H groups in total. The summed E-state index contributed by atoms with van der Waals surface area (Å²) in [5.41, 5.74) is 0.693. The molecule has 0 bridgehead atoms. The molecule has 4 nitrogen and oxygen atoms in total. The Kier molecular flexibility index (Phi) is 3.76. The normalized spacial score (nSPS) is 10.6. The van der Waals surface area contributed by atoms with Gasteiger partial charge in [0.2, 0.25) is 0 Å². The Hall–Kier alpha value is -1.69. The molecule has 1 aromatic heterocycles. The Labute approximate surface area is 111 Å². The highest BCUT2D eigenvalue weighted by atomic mass is 79.9. The number of imidazole rings is 1. The Bertz CT molecular complexity index is 583. The van der Waals surface area contributed by atoms with Crippen molar-refractivity contribution < 1.29 is 14.3 Å². The van der Waals surface area contributed by atoms with Crippen LogP contribution in [0.5, 0.6) is 0 Å². The lowest BCUT2D eigenvalue weighted by atomic mass is 10.1. The molecule has 0 amide bonds. The standard InChI is InChI=1S/C12H10BrFN2O2/c13-5-4-9-15-10(11(16-9)12(17)18)7-2-1-3-8(14)6-7/h1-3,6H,4-5H2,(H,15,16)(H,17,18). The van der Waals surface area contributed by atoms with Gasteiger partial charge in [-0.15, -0.1) is 0 Å². The molecular weight excluding hydrogens is 303 g/mol. The molecule has 0 atom stereocenters. The highest BCUT2D eigenvalue weighted by Gasteiger charge is 2.17. The molecule has 0 saturated heterocycles. The van der Waals surface area contributed by atoms with E-state index in [9.17, 15) is 9.18 Å². The van der Waals surface area contributed by atoms with Gasteiger partial charge >= 0.3 is 5.97 Å². The van der Waals surface area contributed by atoms with Crippen molar-refractivity contribution in [2.45, 2.75) is 6.42 Å². The average Bonchev–Trinajstić information content (AvgIpc) is 2.74. The van der Waals surface area contributed by atoms with Crippen molar-refractivity contribution in [1.29, 1.82) is 0 Å². The van der Waals surface area contributed by atoms with Gasteiger partial charge in [-0.3, -0.25) is 0 Å². The molecule has 0 radical (unpaired) electrons. The van der Waals surface area contributed by atoms with Crippen molar-refractivity contribution in [2.75, 3.05) is 5.33 Å². The fraction of sp³-hybridized carbons (Fsp3) is 0.167. The summed E-state index contributed by atoms with van der Waals surface area (Å²) >= 11 is 3.26. The van der Waals surface area contributed by atoms with E-state index >= 15 is 0 Å². The van der Waals surface area contributed by atoms with Gasteiger partial charge in [0.05, 0.1) is 0 Å². The first-order valence-corrected chi connectivity index (χ1v) is 6.38. The van der Waals surface area contributed by atoms with Crippen LogP contribution in [0.4, 0.5) is 4.39 Å². The van der Waals surface area contributed by atoms with Gasteiger partial charge in [0, 0.05) is 17.3 Å². The van der Waals surface area contributed by atoms with Crippen molar-refractivity contribution in [2.24, 2.45) is 0 Å². The monoisotopic (exact) mass is 312 g/mol. The fourth-order valence-corrected chi connectivity index (χ4v) is 2.01. The van der Waals surface area contributed by atoms with E-state index in [2.05, 4.69) is 25.9 Å². The van der Waals surface area contributed by atoms with E-state index in [-0.39, 0.29) is 11.4 Å². The minimum absolute atomic E-state index is 0.0171. The van der Waals surface area contributed by atoms with Gasteiger partial charge in [-0.25, -0.2) is 14.2 Å². The Balaban J connectivity index is 2.51. The molecule has 6 heteroatoms. The molecule has 0 fully saturated rings. The molecule has 0 spiro atoms. The van der Waals surface area contributed by atoms with Crippen LogP contribution in [-0.4, -0.2) is 26.4 Å². The van der Waals surface area contributed by atoms with Gasteiger partial charge in [-0.1, -0.05) is 28.1 Å². The molecule has 0 aliphatic heterocycles. The summed E-state index contributed by atoms with van der Waals surface area (Å²) in [7, 11) is 0. The lowest BCUT2D eigenvalue weighted by molar-refractivity contribution is 0.0692. The zero-order chi connectivity index (χ0) is 13.1. The van der Waals surface area contributed by atoms with Gasteiger partial charge in [-0.05, 0) is 12.1 Å². The summed E-state index contributed by atoms with van der Waals surface area (Å²) in [5.74, 6) is -0.972. The first kappa shape index (κ1) is 12.8. The van der Waals surface area contributed by atoms with Gasteiger partial charge in [0.25, 0.3) is 0 Å². The first-order valence-electron chi connectivity index (χ1n) is 5.26. The molecule has 0 aliphatic carbocycles. The van der Waals surface area contributed by atoms with Crippen LogP contribution < -0.4 is 0 Å². The predicted molar refractivity (Wildman–Crippen MR) is 68.4 cm³/mol. The number of nitrogens with zero attached hydrogens (tertiary/aromatic N) is 1. The molecular formula is C12H10BrFN2O2. The molecule has 1 heterocycles. The lowest BCUT2D eigenvalue weighted by Gasteiger charge is -1.98. The van der Waals surface area contributed by atoms with E-state index in [4.69, 9.17) is 5.11 Å². The van der Waals surface area contributed by atoms with Crippen LogP contribution in [0.1, 0.15) is 16.3 Å². The average molecular weight is 313 g/mol. The quantitative estimate of drug-likeness (QED) is 0.853. The zero-order valence-electron chi connectivity index (χ0n) is 9.28. The van der Waals surface area contributed by atoms with E-state index in [1.807, 2.05) is 0 Å². The van der Waals surface area contributed by atoms with Crippen LogP contribution in [0.25, 0.3) is 11.3 Å². The Morgan fingerprint density at radius 3 is 2.89 bits per heavy atom. The molecule has 2 rings (SSSR count). The van der Waals surface area contributed by atoms with Crippen LogP contribution >= 0.6 is 15.9 Å². The van der Waals surface area contributed by atoms with Crippen molar-refractivity contribution in [3.8, 4) is 11.3 Å². The van der Waals surface area contributed by atoms with Gasteiger partial charge in [-0.2, -0.15) is 0 Å². The molecule has 1 aromatic carbocycles. The predicted octanol–water partition coefficient (Wildman–Crippen LogP) is 2.85. The number of halogens is 2. The van der Waals surface area contributed by atoms with Crippen molar-refractivity contribution in [1.82, 2.24) is 9.97 Å². The summed E-state index contributed by atoms with van der Waals surface area (Å²) in [6.45, 7) is 0. The number of nitrogens with one attached hydrogen (secondary N) is 1. The third-order valence-electron chi connectivity index (χ3n) is 2.40. The number of H-pyrrole nitrogens is 1. The smallest absolute Gasteiger partial charge is 0.354 e. The minimum Gasteiger partial charge on any atom is -0.477 e. The minimum atomic E-state index is -1.11.